The third-order valence-electron chi connectivity index (χ3n) is 3.26. The molecule has 0 saturated carbocycles. The maximum Gasteiger partial charge on any atom is 0.223 e. The molecule has 8 heteroatoms. The summed E-state index contributed by atoms with van der Waals surface area (Å²) in [4.78, 5) is 17.7. The highest BCUT2D eigenvalue weighted by Gasteiger charge is 2.18. The van der Waals surface area contributed by atoms with Gasteiger partial charge in [-0.2, -0.15) is 0 Å². The largest absolute Gasteiger partial charge is 0.330 e. The van der Waals surface area contributed by atoms with Gasteiger partial charge in [-0.15, -0.1) is 36.2 Å². The lowest BCUT2D eigenvalue weighted by Crippen LogP contribution is -2.35. The van der Waals surface area contributed by atoms with Crippen molar-refractivity contribution in [2.45, 2.75) is 26.3 Å². The van der Waals surface area contributed by atoms with Gasteiger partial charge in [0.05, 0.1) is 5.69 Å². The number of anilines is 1. The van der Waals surface area contributed by atoms with E-state index in [2.05, 4.69) is 15.2 Å². The van der Waals surface area contributed by atoms with Crippen LogP contribution in [0.2, 0.25) is 0 Å². The molecule has 0 aromatic carbocycles. The summed E-state index contributed by atoms with van der Waals surface area (Å²) in [7, 11) is 0. The van der Waals surface area contributed by atoms with Crippen LogP contribution in [0, 0.1) is 5.92 Å². The molecule has 1 amide bonds. The summed E-state index contributed by atoms with van der Waals surface area (Å²) in [5, 5.41) is 5.42. The number of aromatic nitrogens is 1. The van der Waals surface area contributed by atoms with Crippen LogP contribution in [0.5, 0.6) is 0 Å². The molecular weight excluding hydrogens is 319 g/mol. The predicted octanol–water partition coefficient (Wildman–Crippen LogP) is 2.12. The van der Waals surface area contributed by atoms with E-state index in [9.17, 15) is 4.79 Å². The Kier molecular flexibility index (Phi) is 9.33. The Morgan fingerprint density at radius 3 is 2.70 bits per heavy atom. The van der Waals surface area contributed by atoms with E-state index < -0.39 is 0 Å². The Hall–Kier alpha value is -0.400. The van der Waals surface area contributed by atoms with Crippen molar-refractivity contribution in [3.05, 3.63) is 11.1 Å². The van der Waals surface area contributed by atoms with Gasteiger partial charge in [0.2, 0.25) is 5.91 Å². The standard InChI is InChI=1S/C12H20N4OS.2ClH/c1-9(17)14-12-15-11(8-18-12)7-16-4-2-10(6-13)3-5-16;;/h8,10H,2-7,13H2,1H3,(H,14,15,17);2*1H. The lowest BCUT2D eigenvalue weighted by atomic mass is 9.97. The van der Waals surface area contributed by atoms with Crippen molar-refractivity contribution in [2.24, 2.45) is 11.7 Å². The predicted molar refractivity (Wildman–Crippen MR) is 88.0 cm³/mol. The third-order valence-corrected chi connectivity index (χ3v) is 4.07. The van der Waals surface area contributed by atoms with Crippen LogP contribution in [0.1, 0.15) is 25.5 Å². The van der Waals surface area contributed by atoms with E-state index in [0.29, 0.717) is 11.0 Å². The minimum atomic E-state index is -0.0698. The van der Waals surface area contributed by atoms with Crippen LogP contribution in [0.15, 0.2) is 5.38 Å². The monoisotopic (exact) mass is 340 g/mol. The molecule has 1 saturated heterocycles. The van der Waals surface area contributed by atoms with E-state index in [4.69, 9.17) is 5.73 Å². The molecule has 5 nitrogen and oxygen atoms in total. The van der Waals surface area contributed by atoms with Crippen molar-refractivity contribution in [1.29, 1.82) is 0 Å². The Morgan fingerprint density at radius 2 is 2.15 bits per heavy atom. The topological polar surface area (TPSA) is 71.2 Å². The van der Waals surface area contributed by atoms with Gasteiger partial charge in [-0.25, -0.2) is 4.98 Å². The van der Waals surface area contributed by atoms with Gasteiger partial charge in [-0.3, -0.25) is 9.69 Å². The van der Waals surface area contributed by atoms with Gasteiger partial charge in [0.1, 0.15) is 0 Å². The van der Waals surface area contributed by atoms with Crippen LogP contribution < -0.4 is 11.1 Å². The number of nitrogens with one attached hydrogen (secondary N) is 1. The Morgan fingerprint density at radius 1 is 1.50 bits per heavy atom. The molecule has 2 rings (SSSR count). The molecule has 0 bridgehead atoms. The summed E-state index contributed by atoms with van der Waals surface area (Å²) < 4.78 is 0. The first-order chi connectivity index (χ1) is 8.67. The van der Waals surface area contributed by atoms with Crippen LogP contribution in [0.3, 0.4) is 0 Å². The summed E-state index contributed by atoms with van der Waals surface area (Å²) in [6, 6.07) is 0. The average Bonchev–Trinajstić information content (AvgIpc) is 2.76. The lowest BCUT2D eigenvalue weighted by Gasteiger charge is -2.30. The first-order valence-corrected chi connectivity index (χ1v) is 7.19. The molecule has 1 aliphatic rings. The van der Waals surface area contributed by atoms with E-state index in [-0.39, 0.29) is 30.7 Å². The summed E-state index contributed by atoms with van der Waals surface area (Å²) >= 11 is 1.48. The van der Waals surface area contributed by atoms with Crippen LogP contribution >= 0.6 is 36.2 Å². The van der Waals surface area contributed by atoms with Gasteiger partial charge in [-0.1, -0.05) is 0 Å². The highest BCUT2D eigenvalue weighted by atomic mass is 35.5. The van der Waals surface area contributed by atoms with Gasteiger partial charge in [0.15, 0.2) is 5.13 Å². The number of hydrogen-bond donors (Lipinski definition) is 2. The second kappa shape index (κ2) is 9.52. The molecule has 1 fully saturated rings. The van der Waals surface area contributed by atoms with Gasteiger partial charge >= 0.3 is 0 Å². The number of nitrogens with zero attached hydrogens (tertiary/aromatic N) is 2. The van der Waals surface area contributed by atoms with E-state index >= 15 is 0 Å². The van der Waals surface area contributed by atoms with Crippen molar-refractivity contribution < 1.29 is 4.79 Å². The van der Waals surface area contributed by atoms with Gasteiger partial charge in [-0.05, 0) is 38.4 Å². The number of carbonyl (C=O) groups is 1. The molecule has 0 spiro atoms. The van der Waals surface area contributed by atoms with Gasteiger partial charge in [0.25, 0.3) is 0 Å². The van der Waals surface area contributed by atoms with Crippen LogP contribution in [-0.4, -0.2) is 35.4 Å². The van der Waals surface area contributed by atoms with Gasteiger partial charge < -0.3 is 11.1 Å². The summed E-state index contributed by atoms with van der Waals surface area (Å²) in [5.74, 6) is 0.617. The molecule has 20 heavy (non-hydrogen) atoms. The van der Waals surface area contributed by atoms with E-state index in [1.807, 2.05) is 5.38 Å². The number of piperidine rings is 1. The van der Waals surface area contributed by atoms with Crippen molar-refractivity contribution in [1.82, 2.24) is 9.88 Å². The van der Waals surface area contributed by atoms with Crippen LogP contribution in [0.25, 0.3) is 0 Å². The maximum atomic E-state index is 10.9. The van der Waals surface area contributed by atoms with Crippen molar-refractivity contribution in [3.63, 3.8) is 0 Å². The molecule has 1 aliphatic heterocycles. The van der Waals surface area contributed by atoms with Crippen molar-refractivity contribution >= 4 is 47.2 Å². The minimum absolute atomic E-state index is 0. The van der Waals surface area contributed by atoms with E-state index in [1.54, 1.807) is 0 Å². The second-order valence-corrected chi connectivity index (χ2v) is 5.64. The molecule has 1 aromatic heterocycles. The molecule has 2 heterocycles. The SMILES string of the molecule is CC(=O)Nc1nc(CN2CCC(CN)CC2)cs1.Cl.Cl. The fraction of sp³-hybridized carbons (Fsp3) is 0.667. The number of thiazole rings is 1. The number of rotatable bonds is 4. The van der Waals surface area contributed by atoms with E-state index in [0.717, 1.165) is 31.9 Å². The number of halogens is 2. The molecule has 0 aliphatic carbocycles. The molecular formula is C12H22Cl2N4OS. The number of carbonyl (C=O) groups excluding carboxylic acids is 1. The fourth-order valence-corrected chi connectivity index (χ4v) is 2.94. The summed E-state index contributed by atoms with van der Waals surface area (Å²) in [5.41, 5.74) is 6.72. The molecule has 116 valence electrons. The van der Waals surface area contributed by atoms with Crippen LogP contribution in [0.4, 0.5) is 5.13 Å². The zero-order chi connectivity index (χ0) is 13.0. The molecule has 3 N–H and O–H groups in total. The number of nitrogens with two attached hydrogens (primary N) is 1. The van der Waals surface area contributed by atoms with Crippen molar-refractivity contribution in [3.8, 4) is 0 Å². The smallest absolute Gasteiger partial charge is 0.223 e. The number of amides is 1. The molecule has 1 aromatic rings. The highest BCUT2D eigenvalue weighted by Crippen LogP contribution is 2.20. The maximum absolute atomic E-state index is 10.9. The first-order valence-electron chi connectivity index (χ1n) is 6.32. The molecule has 0 atom stereocenters. The van der Waals surface area contributed by atoms with Gasteiger partial charge in [0, 0.05) is 18.8 Å². The normalized spacial score (nSPS) is 16.1. The highest BCUT2D eigenvalue weighted by molar-refractivity contribution is 7.13. The minimum Gasteiger partial charge on any atom is -0.330 e. The van der Waals surface area contributed by atoms with Crippen LogP contribution in [-0.2, 0) is 11.3 Å². The number of likely N-dealkylation sites (tertiary alicyclic amines) is 1. The lowest BCUT2D eigenvalue weighted by molar-refractivity contribution is -0.114. The Bertz CT molecular complexity index is 408. The quantitative estimate of drug-likeness (QED) is 0.880. The first kappa shape index (κ1) is 19.6. The van der Waals surface area contributed by atoms with E-state index in [1.165, 1.54) is 31.1 Å². The molecule has 0 radical (unpaired) electrons. The summed E-state index contributed by atoms with van der Waals surface area (Å²) in [6.07, 6.45) is 2.36. The Balaban J connectivity index is 0.00000180. The second-order valence-electron chi connectivity index (χ2n) is 4.78. The Labute approximate surface area is 136 Å². The van der Waals surface area contributed by atoms with Crippen molar-refractivity contribution in [2.75, 3.05) is 25.0 Å². The third kappa shape index (κ3) is 5.93. The zero-order valence-electron chi connectivity index (χ0n) is 11.5. The molecule has 0 unspecified atom stereocenters. The average molecular weight is 341 g/mol. The zero-order valence-corrected chi connectivity index (χ0v) is 14.0. The number of hydrogen-bond acceptors (Lipinski definition) is 5. The fourth-order valence-electron chi connectivity index (χ4n) is 2.20. The summed E-state index contributed by atoms with van der Waals surface area (Å²) in [6.45, 7) is 5.35.